The summed E-state index contributed by atoms with van der Waals surface area (Å²) in [5.74, 6) is 0. The Labute approximate surface area is 95.2 Å². The van der Waals surface area contributed by atoms with Gasteiger partial charge in [0.05, 0.1) is 11.8 Å². The zero-order valence-electron chi connectivity index (χ0n) is 8.93. The largest absolute Gasteiger partial charge is 0.319 e. The van der Waals surface area contributed by atoms with E-state index in [0.717, 1.165) is 11.1 Å². The van der Waals surface area contributed by atoms with Gasteiger partial charge in [0.15, 0.2) is 0 Å². The average Bonchev–Trinajstić information content (AvgIpc) is 2.39. The molecule has 0 bridgehead atoms. The quantitative estimate of drug-likeness (QED) is 0.752. The topological polar surface area (TPSA) is 49.9 Å². The lowest BCUT2D eigenvalue weighted by atomic mass is 9.98. The van der Waals surface area contributed by atoms with Gasteiger partial charge in [0, 0.05) is 0 Å². The molecule has 0 unspecified atom stereocenters. The molecule has 16 heavy (non-hydrogen) atoms. The standard InChI is InChI=1S/C14H14N2/c15-13(11-7-3-1-4-8-11)14(16)12-9-5-2-6-10-12/h1-10,13,16H,15H2/t13-/m0/s1. The van der Waals surface area contributed by atoms with Gasteiger partial charge < -0.3 is 11.1 Å². The molecule has 0 heterocycles. The van der Waals surface area contributed by atoms with E-state index in [4.69, 9.17) is 11.1 Å². The van der Waals surface area contributed by atoms with Crippen molar-refractivity contribution in [2.24, 2.45) is 5.73 Å². The van der Waals surface area contributed by atoms with Gasteiger partial charge in [-0.3, -0.25) is 0 Å². The van der Waals surface area contributed by atoms with E-state index in [1.807, 2.05) is 60.7 Å². The predicted molar refractivity (Wildman–Crippen MR) is 66.6 cm³/mol. The second-order valence-electron chi connectivity index (χ2n) is 3.67. The van der Waals surface area contributed by atoms with Crippen LogP contribution in [0.25, 0.3) is 0 Å². The molecule has 0 saturated heterocycles. The van der Waals surface area contributed by atoms with Gasteiger partial charge in [-0.2, -0.15) is 0 Å². The smallest absolute Gasteiger partial charge is 0.0725 e. The van der Waals surface area contributed by atoms with E-state index in [0.29, 0.717) is 5.71 Å². The van der Waals surface area contributed by atoms with Crippen LogP contribution in [0.5, 0.6) is 0 Å². The Balaban J connectivity index is 2.24. The van der Waals surface area contributed by atoms with E-state index in [1.165, 1.54) is 0 Å². The predicted octanol–water partition coefficient (Wildman–Crippen LogP) is 2.75. The number of hydrogen-bond donors (Lipinski definition) is 2. The fourth-order valence-electron chi connectivity index (χ4n) is 1.62. The van der Waals surface area contributed by atoms with Crippen molar-refractivity contribution in [2.75, 3.05) is 0 Å². The molecule has 0 spiro atoms. The van der Waals surface area contributed by atoms with E-state index in [2.05, 4.69) is 0 Å². The maximum Gasteiger partial charge on any atom is 0.0725 e. The van der Waals surface area contributed by atoms with E-state index in [1.54, 1.807) is 0 Å². The monoisotopic (exact) mass is 210 g/mol. The molecule has 2 rings (SSSR count). The highest BCUT2D eigenvalue weighted by Gasteiger charge is 2.12. The summed E-state index contributed by atoms with van der Waals surface area (Å²) in [6.07, 6.45) is 0. The molecule has 1 atom stereocenters. The second kappa shape index (κ2) is 4.73. The third-order valence-corrected chi connectivity index (χ3v) is 2.55. The maximum absolute atomic E-state index is 8.05. The zero-order chi connectivity index (χ0) is 11.4. The summed E-state index contributed by atoms with van der Waals surface area (Å²) in [5.41, 5.74) is 8.34. The summed E-state index contributed by atoms with van der Waals surface area (Å²) in [6.45, 7) is 0. The molecule has 3 N–H and O–H groups in total. The molecule has 0 saturated carbocycles. The molecular formula is C14H14N2. The minimum Gasteiger partial charge on any atom is -0.319 e. The van der Waals surface area contributed by atoms with Crippen LogP contribution < -0.4 is 5.73 Å². The molecule has 0 radical (unpaired) electrons. The summed E-state index contributed by atoms with van der Waals surface area (Å²) in [4.78, 5) is 0. The van der Waals surface area contributed by atoms with Crippen molar-refractivity contribution < 1.29 is 0 Å². The van der Waals surface area contributed by atoms with Crippen LogP contribution in [0.15, 0.2) is 60.7 Å². The first-order chi connectivity index (χ1) is 7.79. The molecule has 2 heteroatoms. The van der Waals surface area contributed by atoms with Crippen molar-refractivity contribution in [3.05, 3.63) is 71.8 Å². The normalized spacial score (nSPS) is 12.1. The Morgan fingerprint density at radius 2 is 1.38 bits per heavy atom. The highest BCUT2D eigenvalue weighted by Crippen LogP contribution is 2.15. The van der Waals surface area contributed by atoms with Crippen molar-refractivity contribution in [1.29, 1.82) is 5.41 Å². The van der Waals surface area contributed by atoms with Crippen LogP contribution in [0.4, 0.5) is 0 Å². The fourth-order valence-corrected chi connectivity index (χ4v) is 1.62. The van der Waals surface area contributed by atoms with Crippen molar-refractivity contribution in [3.63, 3.8) is 0 Å². The molecule has 2 aromatic rings. The lowest BCUT2D eigenvalue weighted by Gasteiger charge is -2.13. The minimum atomic E-state index is -0.358. The molecule has 2 nitrogen and oxygen atoms in total. The summed E-state index contributed by atoms with van der Waals surface area (Å²) in [7, 11) is 0. The fraction of sp³-hybridized carbons (Fsp3) is 0.0714. The maximum atomic E-state index is 8.05. The Morgan fingerprint density at radius 3 is 1.94 bits per heavy atom. The van der Waals surface area contributed by atoms with Gasteiger partial charge in [-0.25, -0.2) is 0 Å². The summed E-state index contributed by atoms with van der Waals surface area (Å²) in [5, 5.41) is 8.05. The first-order valence-electron chi connectivity index (χ1n) is 5.23. The third-order valence-electron chi connectivity index (χ3n) is 2.55. The summed E-state index contributed by atoms with van der Waals surface area (Å²) >= 11 is 0. The van der Waals surface area contributed by atoms with E-state index < -0.39 is 0 Å². The molecule has 0 amide bonds. The third kappa shape index (κ3) is 2.18. The first-order valence-corrected chi connectivity index (χ1v) is 5.23. The van der Waals surface area contributed by atoms with Gasteiger partial charge in [0.1, 0.15) is 0 Å². The lowest BCUT2D eigenvalue weighted by Crippen LogP contribution is -2.21. The van der Waals surface area contributed by atoms with Crippen LogP contribution in [0.1, 0.15) is 17.2 Å². The zero-order valence-corrected chi connectivity index (χ0v) is 8.93. The van der Waals surface area contributed by atoms with Gasteiger partial charge in [-0.15, -0.1) is 0 Å². The number of rotatable bonds is 3. The molecule has 0 aliphatic rings. The SMILES string of the molecule is N=C(c1ccccc1)[C@@H](N)c1ccccc1. The van der Waals surface area contributed by atoms with Crippen LogP contribution in [-0.2, 0) is 0 Å². The number of benzene rings is 2. The Bertz CT molecular complexity index is 463. The number of hydrogen-bond acceptors (Lipinski definition) is 2. The first kappa shape index (κ1) is 10.6. The van der Waals surface area contributed by atoms with Crippen LogP contribution in [0, 0.1) is 5.41 Å². The van der Waals surface area contributed by atoms with E-state index in [9.17, 15) is 0 Å². The van der Waals surface area contributed by atoms with Gasteiger partial charge in [-0.1, -0.05) is 60.7 Å². The van der Waals surface area contributed by atoms with Crippen LogP contribution in [0.2, 0.25) is 0 Å². The molecule has 0 fully saturated rings. The van der Waals surface area contributed by atoms with Crippen molar-refractivity contribution in [3.8, 4) is 0 Å². The van der Waals surface area contributed by atoms with Gasteiger partial charge in [0.25, 0.3) is 0 Å². The number of nitrogens with two attached hydrogens (primary N) is 1. The second-order valence-corrected chi connectivity index (χ2v) is 3.67. The van der Waals surface area contributed by atoms with E-state index >= 15 is 0 Å². The molecule has 0 aromatic heterocycles. The Morgan fingerprint density at radius 1 is 0.875 bits per heavy atom. The average molecular weight is 210 g/mol. The summed E-state index contributed by atoms with van der Waals surface area (Å²) in [6, 6.07) is 18.9. The van der Waals surface area contributed by atoms with Gasteiger partial charge >= 0.3 is 0 Å². The van der Waals surface area contributed by atoms with Crippen LogP contribution in [0.3, 0.4) is 0 Å². The molecule has 0 aliphatic carbocycles. The Kier molecular flexibility index (Phi) is 3.13. The molecule has 2 aromatic carbocycles. The van der Waals surface area contributed by atoms with E-state index in [-0.39, 0.29) is 6.04 Å². The lowest BCUT2D eigenvalue weighted by molar-refractivity contribution is 0.952. The van der Waals surface area contributed by atoms with Crippen molar-refractivity contribution >= 4 is 5.71 Å². The van der Waals surface area contributed by atoms with Crippen molar-refractivity contribution in [1.82, 2.24) is 0 Å². The number of nitrogens with one attached hydrogen (secondary N) is 1. The highest BCUT2D eigenvalue weighted by molar-refractivity contribution is 6.02. The van der Waals surface area contributed by atoms with Gasteiger partial charge in [0.2, 0.25) is 0 Å². The minimum absolute atomic E-state index is 0.358. The van der Waals surface area contributed by atoms with Crippen LogP contribution >= 0.6 is 0 Å². The van der Waals surface area contributed by atoms with Gasteiger partial charge in [-0.05, 0) is 11.1 Å². The molecular weight excluding hydrogens is 196 g/mol. The molecule has 0 aliphatic heterocycles. The van der Waals surface area contributed by atoms with Crippen molar-refractivity contribution in [2.45, 2.75) is 6.04 Å². The molecule has 80 valence electrons. The summed E-state index contributed by atoms with van der Waals surface area (Å²) < 4.78 is 0. The van der Waals surface area contributed by atoms with Crippen LogP contribution in [-0.4, -0.2) is 5.71 Å². The Hall–Kier alpha value is -1.93. The highest BCUT2D eigenvalue weighted by atomic mass is 14.7.